The van der Waals surface area contributed by atoms with Gasteiger partial charge in [-0.05, 0) is 32.8 Å². The predicted octanol–water partition coefficient (Wildman–Crippen LogP) is 3.39. The highest BCUT2D eigenvalue weighted by molar-refractivity contribution is 6.37. The van der Waals surface area contributed by atoms with Crippen LogP contribution in [0.5, 0.6) is 0 Å². The van der Waals surface area contributed by atoms with Crippen molar-refractivity contribution in [3.05, 3.63) is 16.1 Å². The molecule has 3 N–H and O–H groups in total. The van der Waals surface area contributed by atoms with Crippen molar-refractivity contribution in [1.82, 2.24) is 4.98 Å². The molecule has 18 heavy (non-hydrogen) atoms. The molecule has 1 unspecified atom stereocenters. The average Bonchev–Trinajstić information content (AvgIpc) is 2.33. The molecule has 0 aliphatic carbocycles. The Labute approximate surface area is 118 Å². The third-order valence-electron chi connectivity index (χ3n) is 2.45. The van der Waals surface area contributed by atoms with E-state index in [0.717, 1.165) is 19.4 Å². The van der Waals surface area contributed by atoms with Crippen LogP contribution < -0.4 is 10.6 Å². The first-order valence-corrected chi connectivity index (χ1v) is 6.81. The lowest BCUT2D eigenvalue weighted by Gasteiger charge is -2.16. The Bertz CT molecular complexity index is 388. The van der Waals surface area contributed by atoms with Crippen LogP contribution in [0.3, 0.4) is 0 Å². The lowest BCUT2D eigenvalue weighted by molar-refractivity contribution is 0.282. The van der Waals surface area contributed by atoms with E-state index in [4.69, 9.17) is 28.3 Å². The van der Waals surface area contributed by atoms with Gasteiger partial charge in [0.1, 0.15) is 11.6 Å². The van der Waals surface area contributed by atoms with Crippen LogP contribution in [0.4, 0.5) is 11.6 Å². The molecule has 0 saturated heterocycles. The van der Waals surface area contributed by atoms with Crippen LogP contribution in [0.25, 0.3) is 0 Å². The number of pyridine rings is 1. The Morgan fingerprint density at radius 3 is 2.61 bits per heavy atom. The van der Waals surface area contributed by atoms with Gasteiger partial charge in [0.2, 0.25) is 0 Å². The largest absolute Gasteiger partial charge is 0.396 e. The van der Waals surface area contributed by atoms with Crippen molar-refractivity contribution in [3.8, 4) is 0 Å². The number of rotatable bonds is 7. The lowest BCUT2D eigenvalue weighted by Crippen LogP contribution is -2.17. The summed E-state index contributed by atoms with van der Waals surface area (Å²) < 4.78 is 0. The van der Waals surface area contributed by atoms with Gasteiger partial charge in [0.15, 0.2) is 0 Å². The van der Waals surface area contributed by atoms with E-state index in [0.29, 0.717) is 21.7 Å². The molecule has 1 heterocycles. The van der Waals surface area contributed by atoms with E-state index < -0.39 is 0 Å². The Morgan fingerprint density at radius 1 is 1.33 bits per heavy atom. The second-order valence-electron chi connectivity index (χ2n) is 4.09. The van der Waals surface area contributed by atoms with E-state index in [1.54, 1.807) is 6.07 Å². The summed E-state index contributed by atoms with van der Waals surface area (Å²) >= 11 is 12.1. The molecule has 1 rings (SSSR count). The number of aromatic nitrogens is 1. The van der Waals surface area contributed by atoms with E-state index in [1.807, 2.05) is 13.8 Å². The van der Waals surface area contributed by atoms with E-state index >= 15 is 0 Å². The van der Waals surface area contributed by atoms with Crippen LogP contribution >= 0.6 is 23.2 Å². The van der Waals surface area contributed by atoms with Crippen molar-refractivity contribution in [2.24, 2.45) is 0 Å². The molecule has 0 aromatic carbocycles. The molecule has 0 aliphatic rings. The molecule has 0 bridgehead atoms. The van der Waals surface area contributed by atoms with E-state index in [9.17, 15) is 0 Å². The summed E-state index contributed by atoms with van der Waals surface area (Å²) in [5.41, 5.74) is 0. The fourth-order valence-corrected chi connectivity index (χ4v) is 2.04. The molecule has 102 valence electrons. The van der Waals surface area contributed by atoms with Crippen LogP contribution in [0.15, 0.2) is 6.07 Å². The van der Waals surface area contributed by atoms with Crippen LogP contribution in [-0.2, 0) is 0 Å². The number of hydrogen-bond donors (Lipinski definition) is 3. The summed E-state index contributed by atoms with van der Waals surface area (Å²) in [5, 5.41) is 16.1. The minimum atomic E-state index is 0.191. The molecule has 6 heteroatoms. The monoisotopic (exact) mass is 291 g/mol. The van der Waals surface area contributed by atoms with Crippen molar-refractivity contribution < 1.29 is 5.11 Å². The molecule has 4 nitrogen and oxygen atoms in total. The van der Waals surface area contributed by atoms with Gasteiger partial charge in [-0.3, -0.25) is 0 Å². The molecule has 0 radical (unpaired) electrons. The Morgan fingerprint density at radius 2 is 2.00 bits per heavy atom. The number of aliphatic hydroxyl groups is 1. The number of nitrogens with zero attached hydrogens (tertiary/aromatic N) is 1. The van der Waals surface area contributed by atoms with Gasteiger partial charge in [0.05, 0.1) is 10.0 Å². The van der Waals surface area contributed by atoms with Gasteiger partial charge in [-0.1, -0.05) is 23.2 Å². The summed E-state index contributed by atoms with van der Waals surface area (Å²) in [7, 11) is 0. The van der Waals surface area contributed by atoms with E-state index in [1.165, 1.54) is 0 Å². The van der Waals surface area contributed by atoms with Crippen molar-refractivity contribution in [1.29, 1.82) is 0 Å². The Balaban J connectivity index is 2.78. The highest BCUT2D eigenvalue weighted by atomic mass is 35.5. The topological polar surface area (TPSA) is 57.2 Å². The fraction of sp³-hybridized carbons (Fsp3) is 0.583. The minimum Gasteiger partial charge on any atom is -0.396 e. The summed E-state index contributed by atoms with van der Waals surface area (Å²) in [6.45, 7) is 4.93. The number of aliphatic hydroxyl groups excluding tert-OH is 1. The number of halogens is 2. The van der Waals surface area contributed by atoms with Crippen molar-refractivity contribution in [2.75, 3.05) is 23.8 Å². The average molecular weight is 292 g/mol. The first-order valence-electron chi connectivity index (χ1n) is 6.05. The van der Waals surface area contributed by atoms with Crippen LogP contribution in [-0.4, -0.2) is 29.3 Å². The summed E-state index contributed by atoms with van der Waals surface area (Å²) in [6, 6.07) is 1.87. The Kier molecular flexibility index (Phi) is 6.54. The lowest BCUT2D eigenvalue weighted by atomic mass is 10.2. The van der Waals surface area contributed by atoms with E-state index in [-0.39, 0.29) is 12.6 Å². The second-order valence-corrected chi connectivity index (χ2v) is 4.91. The third kappa shape index (κ3) is 4.52. The van der Waals surface area contributed by atoms with Crippen molar-refractivity contribution in [3.63, 3.8) is 0 Å². The second kappa shape index (κ2) is 7.67. The maximum Gasteiger partial charge on any atom is 0.147 e. The molecule has 0 saturated carbocycles. The van der Waals surface area contributed by atoms with Gasteiger partial charge in [-0.25, -0.2) is 4.98 Å². The molecular weight excluding hydrogens is 273 g/mol. The highest BCUT2D eigenvalue weighted by Gasteiger charge is 2.11. The van der Waals surface area contributed by atoms with Crippen molar-refractivity contribution >= 4 is 34.8 Å². The predicted molar refractivity (Wildman–Crippen MR) is 77.8 cm³/mol. The Hall–Kier alpha value is -0.710. The number of hydrogen-bond acceptors (Lipinski definition) is 4. The number of anilines is 2. The van der Waals surface area contributed by atoms with Crippen LogP contribution in [0.1, 0.15) is 26.7 Å². The molecule has 0 fully saturated rings. The summed E-state index contributed by atoms with van der Waals surface area (Å²) in [4.78, 5) is 4.36. The van der Waals surface area contributed by atoms with Gasteiger partial charge in [0.25, 0.3) is 0 Å². The molecule has 1 aromatic heterocycles. The summed E-state index contributed by atoms with van der Waals surface area (Å²) in [5.74, 6) is 1.24. The quantitative estimate of drug-likeness (QED) is 0.721. The maximum atomic E-state index is 8.79. The highest BCUT2D eigenvalue weighted by Crippen LogP contribution is 2.29. The molecular formula is C12H19Cl2N3O. The van der Waals surface area contributed by atoms with Gasteiger partial charge >= 0.3 is 0 Å². The van der Waals surface area contributed by atoms with Crippen LogP contribution in [0, 0.1) is 0 Å². The normalized spacial score (nSPS) is 12.3. The zero-order valence-electron chi connectivity index (χ0n) is 10.6. The van der Waals surface area contributed by atoms with Gasteiger partial charge < -0.3 is 15.7 Å². The minimum absolute atomic E-state index is 0.191. The van der Waals surface area contributed by atoms with Gasteiger partial charge in [-0.2, -0.15) is 0 Å². The van der Waals surface area contributed by atoms with Gasteiger partial charge in [-0.15, -0.1) is 0 Å². The maximum absolute atomic E-state index is 8.79. The first kappa shape index (κ1) is 15.3. The van der Waals surface area contributed by atoms with Crippen LogP contribution in [0.2, 0.25) is 10.0 Å². The number of nitrogens with one attached hydrogen (secondary N) is 2. The fourth-order valence-electron chi connectivity index (χ4n) is 1.56. The van der Waals surface area contributed by atoms with Gasteiger partial charge in [0, 0.05) is 19.2 Å². The molecule has 0 aliphatic heterocycles. The van der Waals surface area contributed by atoms with E-state index in [2.05, 4.69) is 15.6 Å². The molecule has 0 spiro atoms. The summed E-state index contributed by atoms with van der Waals surface area (Å²) in [6.07, 6.45) is 1.60. The first-order chi connectivity index (χ1) is 8.58. The zero-order valence-corrected chi connectivity index (χ0v) is 12.1. The van der Waals surface area contributed by atoms with Crippen molar-refractivity contribution in [2.45, 2.75) is 32.7 Å². The zero-order chi connectivity index (χ0) is 13.5. The molecule has 0 amide bonds. The molecule has 1 atom stereocenters. The SMILES string of the molecule is CCNc1nc(NC(C)CCCO)c(Cl)cc1Cl. The smallest absolute Gasteiger partial charge is 0.147 e. The molecule has 1 aromatic rings. The third-order valence-corrected chi connectivity index (χ3v) is 3.03. The standard InChI is InChI=1S/C12H19Cl2N3O/c1-3-15-11-9(13)7-10(14)12(17-11)16-8(2)5-4-6-18/h7-8,18H,3-6H2,1-2H3,(H2,15,16,17).